The van der Waals surface area contributed by atoms with E-state index in [1.165, 1.54) is 15.0 Å². The summed E-state index contributed by atoms with van der Waals surface area (Å²) in [5, 5.41) is 11.5. The minimum Gasteiger partial charge on any atom is -0.493 e. The maximum Gasteiger partial charge on any atom is 0.335 e. The average Bonchev–Trinajstić information content (AvgIpc) is 3.50. The number of nitrogens with one attached hydrogen (secondary N) is 2. The lowest BCUT2D eigenvalue weighted by Crippen LogP contribution is -2.55. The predicted molar refractivity (Wildman–Crippen MR) is 149 cm³/mol. The van der Waals surface area contributed by atoms with E-state index in [1.54, 1.807) is 22.8 Å². The first-order valence-corrected chi connectivity index (χ1v) is 15.1. The number of aromatic amines is 1. The number of H-pyrrole nitrogens is 1. The van der Waals surface area contributed by atoms with Gasteiger partial charge in [-0.1, -0.05) is 13.8 Å². The number of hydrogen-bond donors (Lipinski definition) is 2. The van der Waals surface area contributed by atoms with Gasteiger partial charge in [-0.25, -0.2) is 17.6 Å². The Labute approximate surface area is 229 Å². The van der Waals surface area contributed by atoms with E-state index in [1.807, 2.05) is 27.7 Å². The Morgan fingerprint density at radius 1 is 1.16 bits per heavy atom. The Bertz CT molecular complexity index is 1650. The van der Waals surface area contributed by atoms with E-state index < -0.39 is 10.0 Å². The Kier molecular flexibility index (Phi) is 7.37. The molecule has 2 unspecified atom stereocenters. The van der Waals surface area contributed by atoms with Crippen molar-refractivity contribution in [3.05, 3.63) is 39.5 Å². The highest BCUT2D eigenvalue weighted by Crippen LogP contribution is 2.41. The molecular formula is C25H32BrN7O4S. The van der Waals surface area contributed by atoms with Crippen LogP contribution in [0.25, 0.3) is 27.9 Å². The summed E-state index contributed by atoms with van der Waals surface area (Å²) in [7, 11) is -3.76. The highest BCUT2D eigenvalue weighted by Gasteiger charge is 2.32. The Hall–Kier alpha value is -2.74. The van der Waals surface area contributed by atoms with Gasteiger partial charge in [-0.15, -0.1) is 10.2 Å². The van der Waals surface area contributed by atoms with Crippen LogP contribution in [0.2, 0.25) is 0 Å². The molecule has 0 saturated carbocycles. The van der Waals surface area contributed by atoms with Crippen molar-refractivity contribution in [1.29, 1.82) is 0 Å². The second-order valence-electron chi connectivity index (χ2n) is 9.79. The third-order valence-corrected chi connectivity index (χ3v) is 9.28. The monoisotopic (exact) mass is 605 g/mol. The summed E-state index contributed by atoms with van der Waals surface area (Å²) in [6.07, 6.45) is 2.94. The summed E-state index contributed by atoms with van der Waals surface area (Å²) in [5.41, 5.74) is 2.60. The fourth-order valence-electron chi connectivity index (χ4n) is 5.09. The van der Waals surface area contributed by atoms with Gasteiger partial charge in [0.1, 0.15) is 17.6 Å². The van der Waals surface area contributed by atoms with Gasteiger partial charge in [0, 0.05) is 37.3 Å². The van der Waals surface area contributed by atoms with Gasteiger partial charge < -0.3 is 15.0 Å². The molecule has 3 aromatic heterocycles. The van der Waals surface area contributed by atoms with Crippen molar-refractivity contribution in [2.24, 2.45) is 0 Å². The van der Waals surface area contributed by atoms with E-state index in [-0.39, 0.29) is 22.7 Å². The molecule has 0 spiro atoms. The summed E-state index contributed by atoms with van der Waals surface area (Å²) < 4.78 is 38.8. The topological polar surface area (TPSA) is 127 Å². The smallest absolute Gasteiger partial charge is 0.335 e. The number of fused-ring (bicyclic) bond motifs is 3. The SMILES string of the molecule is CCCOc1ccc(S(=O)(=O)N2CC(C)NC(C)C2)cc1-c1[nH]c2c(c1Br)n(CCC)c(=O)n1cnnc21. The average molecular weight is 607 g/mol. The van der Waals surface area contributed by atoms with Gasteiger partial charge in [0.2, 0.25) is 10.0 Å². The summed E-state index contributed by atoms with van der Waals surface area (Å²) in [6, 6.07) is 5.04. The summed E-state index contributed by atoms with van der Waals surface area (Å²) in [5.74, 6) is 0.543. The second kappa shape index (κ2) is 10.4. The molecule has 13 heteroatoms. The highest BCUT2D eigenvalue weighted by molar-refractivity contribution is 9.10. The van der Waals surface area contributed by atoms with E-state index in [4.69, 9.17) is 4.74 Å². The molecule has 1 saturated heterocycles. The number of aromatic nitrogens is 5. The molecule has 11 nitrogen and oxygen atoms in total. The van der Waals surface area contributed by atoms with E-state index >= 15 is 0 Å². The first-order chi connectivity index (χ1) is 18.2. The summed E-state index contributed by atoms with van der Waals surface area (Å²) in [6.45, 7) is 9.71. The molecule has 2 atom stereocenters. The van der Waals surface area contributed by atoms with Crippen LogP contribution in [-0.2, 0) is 16.6 Å². The van der Waals surface area contributed by atoms with Gasteiger partial charge in [-0.2, -0.15) is 4.31 Å². The molecule has 1 aliphatic heterocycles. The molecule has 4 aromatic rings. The molecule has 0 radical (unpaired) electrons. The van der Waals surface area contributed by atoms with Crippen molar-refractivity contribution in [2.75, 3.05) is 19.7 Å². The van der Waals surface area contributed by atoms with Gasteiger partial charge in [0.25, 0.3) is 0 Å². The van der Waals surface area contributed by atoms with Crippen molar-refractivity contribution in [3.8, 4) is 17.0 Å². The summed E-state index contributed by atoms with van der Waals surface area (Å²) in [4.78, 5) is 16.8. The largest absolute Gasteiger partial charge is 0.493 e. The third-order valence-electron chi connectivity index (χ3n) is 6.68. The first-order valence-electron chi connectivity index (χ1n) is 12.8. The number of aryl methyl sites for hydroxylation is 1. The van der Waals surface area contributed by atoms with Crippen LogP contribution in [0.4, 0.5) is 0 Å². The normalized spacial score (nSPS) is 19.0. The number of nitrogens with zero attached hydrogens (tertiary/aromatic N) is 5. The molecule has 0 aliphatic carbocycles. The number of ether oxygens (including phenoxy) is 1. The van der Waals surface area contributed by atoms with Crippen LogP contribution in [0.5, 0.6) is 5.75 Å². The lowest BCUT2D eigenvalue weighted by molar-refractivity contribution is 0.263. The van der Waals surface area contributed by atoms with E-state index in [9.17, 15) is 13.2 Å². The molecule has 38 heavy (non-hydrogen) atoms. The minimum atomic E-state index is -3.76. The molecule has 1 fully saturated rings. The maximum absolute atomic E-state index is 13.7. The first kappa shape index (κ1) is 26.9. The number of hydrogen-bond acceptors (Lipinski definition) is 7. The Balaban J connectivity index is 1.72. The van der Waals surface area contributed by atoms with E-state index in [2.05, 4.69) is 36.4 Å². The zero-order valence-corrected chi connectivity index (χ0v) is 24.3. The minimum absolute atomic E-state index is 0.0452. The van der Waals surface area contributed by atoms with E-state index in [0.717, 1.165) is 12.8 Å². The van der Waals surface area contributed by atoms with Gasteiger partial charge in [-0.05, 0) is 60.8 Å². The molecule has 0 bridgehead atoms. The van der Waals surface area contributed by atoms with Gasteiger partial charge in [-0.3, -0.25) is 4.57 Å². The Morgan fingerprint density at radius 2 is 1.89 bits per heavy atom. The highest BCUT2D eigenvalue weighted by atomic mass is 79.9. The lowest BCUT2D eigenvalue weighted by Gasteiger charge is -2.35. The third kappa shape index (κ3) is 4.55. The molecular weight excluding hydrogens is 574 g/mol. The fraction of sp³-hybridized carbons (Fsp3) is 0.480. The molecule has 4 heterocycles. The molecule has 5 rings (SSSR count). The van der Waals surface area contributed by atoms with Crippen molar-refractivity contribution in [1.82, 2.24) is 33.8 Å². The van der Waals surface area contributed by atoms with Gasteiger partial charge in [0.15, 0.2) is 5.65 Å². The second-order valence-corrected chi connectivity index (χ2v) is 12.5. The van der Waals surface area contributed by atoms with Crippen LogP contribution in [0.3, 0.4) is 0 Å². The van der Waals surface area contributed by atoms with Crippen LogP contribution >= 0.6 is 15.9 Å². The van der Waals surface area contributed by atoms with Crippen molar-refractivity contribution in [3.63, 3.8) is 0 Å². The van der Waals surface area contributed by atoms with Crippen LogP contribution in [-0.4, -0.2) is 68.7 Å². The number of benzene rings is 1. The number of halogens is 1. The van der Waals surface area contributed by atoms with E-state index in [0.29, 0.717) is 64.4 Å². The van der Waals surface area contributed by atoms with Crippen LogP contribution in [0, 0.1) is 0 Å². The molecule has 204 valence electrons. The summed E-state index contributed by atoms with van der Waals surface area (Å²) >= 11 is 3.72. The van der Waals surface area contributed by atoms with Crippen LogP contribution in [0.1, 0.15) is 40.5 Å². The van der Waals surface area contributed by atoms with Gasteiger partial charge in [0.05, 0.1) is 27.2 Å². The van der Waals surface area contributed by atoms with Gasteiger partial charge >= 0.3 is 5.69 Å². The molecule has 0 amide bonds. The molecule has 2 N–H and O–H groups in total. The van der Waals surface area contributed by atoms with Crippen molar-refractivity contribution in [2.45, 2.75) is 64.1 Å². The number of sulfonamides is 1. The molecule has 1 aliphatic rings. The van der Waals surface area contributed by atoms with Crippen molar-refractivity contribution >= 4 is 42.6 Å². The number of piperazine rings is 1. The lowest BCUT2D eigenvalue weighted by atomic mass is 10.1. The zero-order valence-electron chi connectivity index (χ0n) is 21.9. The standard InChI is InChI=1S/C25H32BrN7O4S/c1-5-9-32-23-20(26)21(29-22(23)24-30-27-14-33(24)25(32)34)18-11-17(7-8-19(18)37-10-6-2)38(35,36)31-12-15(3)28-16(4)13-31/h7-8,11,14-16,28-29H,5-6,9-10,12-13H2,1-4H3. The van der Waals surface area contributed by atoms with Crippen LogP contribution in [0.15, 0.2) is 38.7 Å². The maximum atomic E-state index is 13.7. The van der Waals surface area contributed by atoms with Crippen LogP contribution < -0.4 is 15.7 Å². The Morgan fingerprint density at radius 3 is 2.58 bits per heavy atom. The quantitative estimate of drug-likeness (QED) is 0.315. The number of rotatable bonds is 8. The molecule has 1 aromatic carbocycles. The van der Waals surface area contributed by atoms with Crippen molar-refractivity contribution < 1.29 is 13.2 Å². The zero-order chi connectivity index (χ0) is 27.2. The predicted octanol–water partition coefficient (Wildman–Crippen LogP) is 3.37. The fourth-order valence-corrected chi connectivity index (χ4v) is 7.46.